The molecule has 0 aliphatic heterocycles. The molecule has 1 amide bonds. The zero-order chi connectivity index (χ0) is 14.5. The normalized spacial score (nSPS) is 14.8. The summed E-state index contributed by atoms with van der Waals surface area (Å²) >= 11 is 0. The standard InChI is InChI=1S/C16H23NO3/c1-4-20-11(2)16(18)17-10-14-8-12-6-5-7-13(12)9-15(14)19-3/h8-9,11H,4-7,10H2,1-3H3,(H,17,18). The first-order chi connectivity index (χ1) is 9.65. The van der Waals surface area contributed by atoms with Crippen LogP contribution in [0.25, 0.3) is 0 Å². The highest BCUT2D eigenvalue weighted by Crippen LogP contribution is 2.29. The molecule has 0 saturated heterocycles. The van der Waals surface area contributed by atoms with E-state index >= 15 is 0 Å². The zero-order valence-electron chi connectivity index (χ0n) is 12.5. The third-order valence-electron chi connectivity index (χ3n) is 3.73. The number of hydrogen-bond donors (Lipinski definition) is 1. The van der Waals surface area contributed by atoms with Crippen LogP contribution in [0.3, 0.4) is 0 Å². The molecular weight excluding hydrogens is 254 g/mol. The molecule has 4 nitrogen and oxygen atoms in total. The van der Waals surface area contributed by atoms with Crippen molar-refractivity contribution in [3.05, 3.63) is 28.8 Å². The van der Waals surface area contributed by atoms with Gasteiger partial charge in [0, 0.05) is 18.7 Å². The van der Waals surface area contributed by atoms with Crippen molar-refractivity contribution in [2.45, 2.75) is 45.8 Å². The zero-order valence-corrected chi connectivity index (χ0v) is 12.5. The molecule has 0 fully saturated rings. The average Bonchev–Trinajstić information content (AvgIpc) is 2.90. The fourth-order valence-corrected chi connectivity index (χ4v) is 2.63. The van der Waals surface area contributed by atoms with Gasteiger partial charge in [-0.25, -0.2) is 0 Å². The van der Waals surface area contributed by atoms with Crippen molar-refractivity contribution in [3.8, 4) is 5.75 Å². The fourth-order valence-electron chi connectivity index (χ4n) is 2.63. The number of hydrogen-bond acceptors (Lipinski definition) is 3. The molecule has 2 rings (SSSR count). The highest BCUT2D eigenvalue weighted by molar-refractivity contribution is 5.80. The summed E-state index contributed by atoms with van der Waals surface area (Å²) in [5.41, 5.74) is 3.79. The molecule has 20 heavy (non-hydrogen) atoms. The van der Waals surface area contributed by atoms with Crippen LogP contribution in [0.5, 0.6) is 5.75 Å². The van der Waals surface area contributed by atoms with Gasteiger partial charge in [-0.05, 0) is 50.3 Å². The van der Waals surface area contributed by atoms with Crippen molar-refractivity contribution in [1.82, 2.24) is 5.32 Å². The van der Waals surface area contributed by atoms with E-state index in [-0.39, 0.29) is 5.91 Å². The second-order valence-corrected chi connectivity index (χ2v) is 5.10. The Balaban J connectivity index is 2.04. The van der Waals surface area contributed by atoms with Crippen LogP contribution in [0.4, 0.5) is 0 Å². The van der Waals surface area contributed by atoms with Gasteiger partial charge in [-0.3, -0.25) is 4.79 Å². The molecule has 0 spiro atoms. The summed E-state index contributed by atoms with van der Waals surface area (Å²) in [5, 5.41) is 2.91. The summed E-state index contributed by atoms with van der Waals surface area (Å²) in [5.74, 6) is 0.768. The van der Waals surface area contributed by atoms with Crippen molar-refractivity contribution >= 4 is 5.91 Å². The second-order valence-electron chi connectivity index (χ2n) is 5.10. The van der Waals surface area contributed by atoms with Crippen LogP contribution in [0.1, 0.15) is 37.0 Å². The molecule has 0 bridgehead atoms. The molecule has 0 saturated carbocycles. The molecule has 0 radical (unpaired) electrons. The lowest BCUT2D eigenvalue weighted by Gasteiger charge is -2.15. The Morgan fingerprint density at radius 1 is 1.35 bits per heavy atom. The number of rotatable bonds is 6. The van der Waals surface area contributed by atoms with E-state index in [0.29, 0.717) is 13.2 Å². The molecule has 1 aliphatic carbocycles. The Morgan fingerprint density at radius 2 is 2.05 bits per heavy atom. The highest BCUT2D eigenvalue weighted by atomic mass is 16.5. The van der Waals surface area contributed by atoms with Gasteiger partial charge in [0.2, 0.25) is 5.91 Å². The number of aryl methyl sites for hydroxylation is 2. The van der Waals surface area contributed by atoms with Gasteiger partial charge in [0.15, 0.2) is 0 Å². The first-order valence-electron chi connectivity index (χ1n) is 7.23. The summed E-state index contributed by atoms with van der Waals surface area (Å²) in [6.07, 6.45) is 3.03. The van der Waals surface area contributed by atoms with E-state index < -0.39 is 6.10 Å². The minimum absolute atomic E-state index is 0.0885. The maximum absolute atomic E-state index is 11.9. The van der Waals surface area contributed by atoms with Crippen molar-refractivity contribution in [2.24, 2.45) is 0 Å². The Morgan fingerprint density at radius 3 is 2.70 bits per heavy atom. The van der Waals surface area contributed by atoms with Crippen molar-refractivity contribution in [3.63, 3.8) is 0 Å². The monoisotopic (exact) mass is 277 g/mol. The molecule has 1 unspecified atom stereocenters. The van der Waals surface area contributed by atoms with Crippen molar-refractivity contribution in [1.29, 1.82) is 0 Å². The van der Waals surface area contributed by atoms with Crippen LogP contribution < -0.4 is 10.1 Å². The van der Waals surface area contributed by atoms with Crippen LogP contribution in [0.15, 0.2) is 12.1 Å². The lowest BCUT2D eigenvalue weighted by atomic mass is 10.0. The third-order valence-corrected chi connectivity index (χ3v) is 3.73. The second kappa shape index (κ2) is 6.75. The molecule has 1 N–H and O–H groups in total. The molecule has 4 heteroatoms. The Hall–Kier alpha value is -1.55. The molecule has 1 aromatic carbocycles. The van der Waals surface area contributed by atoms with Crippen LogP contribution in [0.2, 0.25) is 0 Å². The summed E-state index contributed by atoms with van der Waals surface area (Å²) in [6, 6.07) is 4.27. The number of amides is 1. The first-order valence-corrected chi connectivity index (χ1v) is 7.23. The van der Waals surface area contributed by atoms with Crippen LogP contribution in [-0.4, -0.2) is 25.7 Å². The van der Waals surface area contributed by atoms with Gasteiger partial charge in [0.25, 0.3) is 0 Å². The van der Waals surface area contributed by atoms with Gasteiger partial charge >= 0.3 is 0 Å². The van der Waals surface area contributed by atoms with E-state index in [4.69, 9.17) is 9.47 Å². The molecule has 0 aromatic heterocycles. The quantitative estimate of drug-likeness (QED) is 0.867. The van der Waals surface area contributed by atoms with E-state index in [1.165, 1.54) is 17.5 Å². The number of ether oxygens (including phenoxy) is 2. The molecule has 1 atom stereocenters. The number of carbonyl (C=O) groups excluding carboxylic acids is 1. The largest absolute Gasteiger partial charge is 0.496 e. The topological polar surface area (TPSA) is 47.6 Å². The first kappa shape index (κ1) is 14.9. The van der Waals surface area contributed by atoms with E-state index in [0.717, 1.165) is 24.2 Å². The number of fused-ring (bicyclic) bond motifs is 1. The van der Waals surface area contributed by atoms with Gasteiger partial charge in [-0.15, -0.1) is 0 Å². The number of nitrogens with one attached hydrogen (secondary N) is 1. The maximum Gasteiger partial charge on any atom is 0.249 e. The smallest absolute Gasteiger partial charge is 0.249 e. The average molecular weight is 277 g/mol. The molecule has 0 heterocycles. The summed E-state index contributed by atoms with van der Waals surface area (Å²) in [6.45, 7) is 4.66. The van der Waals surface area contributed by atoms with Gasteiger partial charge in [0.1, 0.15) is 11.9 Å². The number of benzene rings is 1. The molecular formula is C16H23NO3. The third kappa shape index (κ3) is 3.31. The van der Waals surface area contributed by atoms with Crippen LogP contribution in [0, 0.1) is 0 Å². The van der Waals surface area contributed by atoms with Gasteiger partial charge in [-0.2, -0.15) is 0 Å². The minimum Gasteiger partial charge on any atom is -0.496 e. The SMILES string of the molecule is CCOC(C)C(=O)NCc1cc2c(cc1OC)CCC2. The predicted molar refractivity (Wildman–Crippen MR) is 78.0 cm³/mol. The van der Waals surface area contributed by atoms with Gasteiger partial charge < -0.3 is 14.8 Å². The summed E-state index contributed by atoms with van der Waals surface area (Å²) in [4.78, 5) is 11.9. The molecule has 1 aliphatic rings. The number of methoxy groups -OCH3 is 1. The predicted octanol–water partition coefficient (Wildman–Crippen LogP) is 2.23. The maximum atomic E-state index is 11.9. The lowest BCUT2D eigenvalue weighted by molar-refractivity contribution is -0.131. The van der Waals surface area contributed by atoms with E-state index in [2.05, 4.69) is 17.4 Å². The van der Waals surface area contributed by atoms with Crippen LogP contribution >= 0.6 is 0 Å². The van der Waals surface area contributed by atoms with Gasteiger partial charge in [0.05, 0.1) is 7.11 Å². The van der Waals surface area contributed by atoms with Crippen molar-refractivity contribution < 1.29 is 14.3 Å². The molecule has 1 aromatic rings. The molecule has 110 valence electrons. The van der Waals surface area contributed by atoms with Crippen LogP contribution in [-0.2, 0) is 28.9 Å². The lowest BCUT2D eigenvalue weighted by Crippen LogP contribution is -2.34. The van der Waals surface area contributed by atoms with E-state index in [1.807, 2.05) is 6.92 Å². The number of carbonyl (C=O) groups is 1. The summed E-state index contributed by atoms with van der Waals surface area (Å²) in [7, 11) is 1.67. The van der Waals surface area contributed by atoms with E-state index in [1.54, 1.807) is 14.0 Å². The Bertz CT molecular complexity index is 485. The fraction of sp³-hybridized carbons (Fsp3) is 0.562. The van der Waals surface area contributed by atoms with Crippen molar-refractivity contribution in [2.75, 3.05) is 13.7 Å². The van der Waals surface area contributed by atoms with Gasteiger partial charge in [-0.1, -0.05) is 6.07 Å². The Labute approximate surface area is 120 Å². The minimum atomic E-state index is -0.416. The Kier molecular flexibility index (Phi) is 5.01. The van der Waals surface area contributed by atoms with E-state index in [9.17, 15) is 4.79 Å². The summed E-state index contributed by atoms with van der Waals surface area (Å²) < 4.78 is 10.7. The highest BCUT2D eigenvalue weighted by Gasteiger charge is 2.17.